The van der Waals surface area contributed by atoms with E-state index >= 15 is 0 Å². The Hall–Kier alpha value is -3.04. The number of anilines is 1. The van der Waals surface area contributed by atoms with E-state index in [1.807, 2.05) is 0 Å². The summed E-state index contributed by atoms with van der Waals surface area (Å²) in [6, 6.07) is 0.867. The highest BCUT2D eigenvalue weighted by Gasteiger charge is 2.46. The maximum Gasteiger partial charge on any atom is 0.425 e. The van der Waals surface area contributed by atoms with Crippen molar-refractivity contribution in [1.82, 2.24) is 20.4 Å². The number of hydrogen-bond donors (Lipinski definition) is 1. The van der Waals surface area contributed by atoms with Crippen molar-refractivity contribution >= 4 is 21.4 Å². The van der Waals surface area contributed by atoms with Crippen molar-refractivity contribution in [2.75, 3.05) is 30.0 Å². The van der Waals surface area contributed by atoms with Gasteiger partial charge in [-0.15, -0.1) is 0 Å². The normalized spacial score (nSPS) is 18.4. The molecule has 1 aliphatic heterocycles. The fourth-order valence-electron chi connectivity index (χ4n) is 3.34. The highest BCUT2D eigenvalue weighted by molar-refractivity contribution is 7.90. The number of ether oxygens (including phenoxy) is 1. The summed E-state index contributed by atoms with van der Waals surface area (Å²) in [7, 11) is -3.70. The first-order chi connectivity index (χ1) is 15.9. The number of nitrogens with one attached hydrogen (secondary N) is 1. The molecule has 2 aromatic rings. The van der Waals surface area contributed by atoms with Crippen LogP contribution in [0.2, 0.25) is 0 Å². The molecule has 0 aliphatic carbocycles. The molecule has 3 heterocycles. The zero-order valence-corrected chi connectivity index (χ0v) is 19.8. The van der Waals surface area contributed by atoms with Crippen LogP contribution in [0.3, 0.4) is 0 Å². The molecule has 1 aliphatic rings. The van der Waals surface area contributed by atoms with Gasteiger partial charge >= 0.3 is 6.18 Å². The van der Waals surface area contributed by atoms with E-state index in [-0.39, 0.29) is 17.4 Å². The lowest BCUT2D eigenvalue weighted by atomic mass is 10.0. The highest BCUT2D eigenvalue weighted by atomic mass is 32.2. The predicted molar refractivity (Wildman–Crippen MR) is 111 cm³/mol. The summed E-state index contributed by atoms with van der Waals surface area (Å²) in [6.07, 6.45) is -5.23. The largest absolute Gasteiger partial charge is 0.479 e. The second-order valence-corrected chi connectivity index (χ2v) is 10.7. The summed E-state index contributed by atoms with van der Waals surface area (Å²) < 4.78 is 99.7. The second kappa shape index (κ2) is 8.87. The Morgan fingerprint density at radius 2 is 1.97 bits per heavy atom. The molecule has 1 fully saturated rings. The summed E-state index contributed by atoms with van der Waals surface area (Å²) in [5.74, 6) is -5.22. The van der Waals surface area contributed by atoms with Gasteiger partial charge in [0.1, 0.15) is 26.8 Å². The quantitative estimate of drug-likeness (QED) is 0.514. The van der Waals surface area contributed by atoms with Crippen LogP contribution in [0.15, 0.2) is 16.8 Å². The Balaban J connectivity index is 1.95. The first-order valence-electron chi connectivity index (χ1n) is 10.1. The zero-order valence-electron chi connectivity index (χ0n) is 19.0. The Labute approximate surface area is 196 Å². The van der Waals surface area contributed by atoms with Crippen LogP contribution in [0.5, 0.6) is 5.75 Å². The van der Waals surface area contributed by atoms with Gasteiger partial charge < -0.3 is 19.5 Å². The van der Waals surface area contributed by atoms with Gasteiger partial charge in [0.25, 0.3) is 11.8 Å². The van der Waals surface area contributed by atoms with Crippen molar-refractivity contribution in [3.63, 3.8) is 0 Å². The zero-order chi connectivity index (χ0) is 26.4. The van der Waals surface area contributed by atoms with Crippen molar-refractivity contribution in [2.24, 2.45) is 0 Å². The van der Waals surface area contributed by atoms with Crippen molar-refractivity contribution in [3.05, 3.63) is 29.7 Å². The fourth-order valence-corrected chi connectivity index (χ4v) is 4.59. The molecular formula is C19H22F5N5O5S. The number of halogens is 5. The minimum atomic E-state index is -4.77. The molecule has 0 spiro atoms. The van der Waals surface area contributed by atoms with E-state index in [0.29, 0.717) is 0 Å². The molecule has 2 atom stereocenters. The first-order valence-corrected chi connectivity index (χ1v) is 12.1. The third-order valence-electron chi connectivity index (χ3n) is 4.99. The maximum atomic E-state index is 13.3. The summed E-state index contributed by atoms with van der Waals surface area (Å²) in [5.41, 5.74) is -2.30. The SMILES string of the molecule is Cc1nc(C(C)(CS(C)(=O)=O)NC(=O)c2cc(O[C@@H](C)C(F)(F)F)c(N3CC(F)(F)C3)cn2)no1. The van der Waals surface area contributed by atoms with Crippen LogP contribution in [0.25, 0.3) is 0 Å². The van der Waals surface area contributed by atoms with E-state index < -0.39 is 69.8 Å². The molecule has 10 nitrogen and oxygen atoms in total. The Bertz CT molecular complexity index is 1210. The summed E-state index contributed by atoms with van der Waals surface area (Å²) in [4.78, 5) is 21.8. The van der Waals surface area contributed by atoms with Gasteiger partial charge in [-0.3, -0.25) is 4.79 Å². The van der Waals surface area contributed by atoms with E-state index in [0.717, 1.165) is 30.3 Å². The third-order valence-corrected chi connectivity index (χ3v) is 6.09. The van der Waals surface area contributed by atoms with E-state index in [1.54, 1.807) is 0 Å². The molecule has 1 unspecified atom stereocenters. The molecule has 0 saturated carbocycles. The molecule has 2 aromatic heterocycles. The van der Waals surface area contributed by atoms with Crippen LogP contribution in [-0.4, -0.2) is 72.8 Å². The van der Waals surface area contributed by atoms with Gasteiger partial charge in [-0.2, -0.15) is 18.2 Å². The van der Waals surface area contributed by atoms with Gasteiger partial charge in [0.2, 0.25) is 5.89 Å². The predicted octanol–water partition coefficient (Wildman–Crippen LogP) is 2.25. The molecule has 3 rings (SSSR count). The van der Waals surface area contributed by atoms with Crippen LogP contribution in [0, 0.1) is 6.92 Å². The number of hydrogen-bond acceptors (Lipinski definition) is 9. The topological polar surface area (TPSA) is 128 Å². The maximum absolute atomic E-state index is 13.3. The Morgan fingerprint density at radius 1 is 1.34 bits per heavy atom. The average molecular weight is 527 g/mol. The van der Waals surface area contributed by atoms with Crippen molar-refractivity contribution < 1.29 is 44.4 Å². The van der Waals surface area contributed by atoms with Crippen LogP contribution >= 0.6 is 0 Å². The van der Waals surface area contributed by atoms with Gasteiger partial charge in [0.15, 0.2) is 11.9 Å². The van der Waals surface area contributed by atoms with Gasteiger partial charge in [-0.25, -0.2) is 22.2 Å². The number of nitrogens with zero attached hydrogens (tertiary/aromatic N) is 4. The van der Waals surface area contributed by atoms with E-state index in [4.69, 9.17) is 9.26 Å². The van der Waals surface area contributed by atoms with Crippen molar-refractivity contribution in [2.45, 2.75) is 44.5 Å². The number of amides is 1. The molecule has 1 saturated heterocycles. The van der Waals surface area contributed by atoms with E-state index in [2.05, 4.69) is 20.4 Å². The van der Waals surface area contributed by atoms with Gasteiger partial charge in [-0.05, 0) is 13.8 Å². The lowest BCUT2D eigenvalue weighted by molar-refractivity contribution is -0.189. The number of pyridine rings is 1. The molecule has 194 valence electrons. The van der Waals surface area contributed by atoms with Crippen LogP contribution in [0.1, 0.15) is 36.1 Å². The summed E-state index contributed by atoms with van der Waals surface area (Å²) in [6.45, 7) is 1.96. The monoisotopic (exact) mass is 527 g/mol. The molecule has 1 N–H and O–H groups in total. The van der Waals surface area contributed by atoms with Gasteiger partial charge in [-0.1, -0.05) is 5.16 Å². The number of aryl methyl sites for hydroxylation is 1. The lowest BCUT2D eigenvalue weighted by Gasteiger charge is -2.41. The third kappa shape index (κ3) is 6.35. The number of carbonyl (C=O) groups is 1. The number of rotatable bonds is 8. The first kappa shape index (κ1) is 26.6. The average Bonchev–Trinajstić information content (AvgIpc) is 3.11. The van der Waals surface area contributed by atoms with Crippen LogP contribution in [0.4, 0.5) is 27.6 Å². The Morgan fingerprint density at radius 3 is 2.46 bits per heavy atom. The summed E-state index contributed by atoms with van der Waals surface area (Å²) in [5, 5.41) is 6.08. The molecule has 0 aromatic carbocycles. The molecular weight excluding hydrogens is 505 g/mol. The Kier molecular flexibility index (Phi) is 6.73. The number of carbonyl (C=O) groups excluding carboxylic acids is 1. The van der Waals surface area contributed by atoms with Gasteiger partial charge in [0.05, 0.1) is 30.7 Å². The minimum absolute atomic E-state index is 0.0969. The second-order valence-electron chi connectivity index (χ2n) is 8.54. The summed E-state index contributed by atoms with van der Waals surface area (Å²) >= 11 is 0. The number of sulfone groups is 1. The fraction of sp³-hybridized carbons (Fsp3) is 0.579. The molecule has 35 heavy (non-hydrogen) atoms. The van der Waals surface area contributed by atoms with Crippen molar-refractivity contribution in [3.8, 4) is 5.75 Å². The molecule has 0 bridgehead atoms. The standard InChI is InChI=1S/C19H22F5N5O5S/c1-10(19(22,23)24)33-14-5-12(25-6-13(14)29-7-18(20,21)8-29)15(30)27-17(3,9-35(4,31)32)16-26-11(2)34-28-16/h5-6,10H,7-9H2,1-4H3,(H,27,30)/t10-,17?/m0/s1. The van der Waals surface area contributed by atoms with E-state index in [1.165, 1.54) is 13.8 Å². The highest BCUT2D eigenvalue weighted by Crippen LogP contribution is 2.39. The minimum Gasteiger partial charge on any atom is -0.479 e. The lowest BCUT2D eigenvalue weighted by Crippen LogP contribution is -2.56. The van der Waals surface area contributed by atoms with Gasteiger partial charge in [0, 0.05) is 19.2 Å². The van der Waals surface area contributed by atoms with Crippen molar-refractivity contribution in [1.29, 1.82) is 0 Å². The molecule has 1 amide bonds. The number of aromatic nitrogens is 3. The number of alkyl halides is 5. The van der Waals surface area contributed by atoms with Crippen LogP contribution < -0.4 is 15.0 Å². The molecule has 16 heteroatoms. The smallest absolute Gasteiger partial charge is 0.425 e. The van der Waals surface area contributed by atoms with E-state index in [9.17, 15) is 35.2 Å². The van der Waals surface area contributed by atoms with Crippen LogP contribution in [-0.2, 0) is 15.4 Å². The molecule has 0 radical (unpaired) electrons.